The lowest BCUT2D eigenvalue weighted by Crippen LogP contribution is -2.49. The molecule has 9 nitrogen and oxygen atoms in total. The van der Waals surface area contributed by atoms with Gasteiger partial charge in [-0.15, -0.1) is 0 Å². The molecule has 5 rings (SSSR count). The average molecular weight is 529 g/mol. The van der Waals surface area contributed by atoms with E-state index in [-0.39, 0.29) is 11.6 Å². The van der Waals surface area contributed by atoms with E-state index in [1.54, 1.807) is 0 Å². The number of hydrogen-bond acceptors (Lipinski definition) is 7. The molecule has 1 N–H and O–H groups in total. The normalized spacial score (nSPS) is 24.4. The maximum Gasteiger partial charge on any atom is 0.419 e. The van der Waals surface area contributed by atoms with Crippen LogP contribution in [0.2, 0.25) is 0 Å². The second kappa shape index (κ2) is 10.9. The van der Waals surface area contributed by atoms with E-state index >= 15 is 0 Å². The fourth-order valence-corrected chi connectivity index (χ4v) is 5.61. The van der Waals surface area contributed by atoms with Gasteiger partial charge in [0.2, 0.25) is 6.10 Å². The molecular weight excluding hydrogens is 498 g/mol. The molecule has 3 aliphatic heterocycles. The summed E-state index contributed by atoms with van der Waals surface area (Å²) < 4.78 is 37.4. The Hall–Kier alpha value is -3.73. The first kappa shape index (κ1) is 25.9. The van der Waals surface area contributed by atoms with Gasteiger partial charge in [-0.1, -0.05) is 24.3 Å². The predicted molar refractivity (Wildman–Crippen MR) is 133 cm³/mol. The number of nitrogens with one attached hydrogen (secondary N) is 1. The van der Waals surface area contributed by atoms with Gasteiger partial charge in [0.1, 0.15) is 6.04 Å². The van der Waals surface area contributed by atoms with Gasteiger partial charge in [-0.3, -0.25) is 4.90 Å². The van der Waals surface area contributed by atoms with E-state index in [2.05, 4.69) is 27.2 Å². The molecule has 0 aromatic heterocycles. The number of cyclic esters (lactones) is 1. The van der Waals surface area contributed by atoms with Gasteiger partial charge in [0.15, 0.2) is 11.6 Å². The minimum atomic E-state index is -1.50. The van der Waals surface area contributed by atoms with Gasteiger partial charge in [-0.2, -0.15) is 0 Å². The molecule has 0 spiro atoms. The van der Waals surface area contributed by atoms with Crippen molar-refractivity contribution in [2.24, 2.45) is 0 Å². The minimum absolute atomic E-state index is 0.0403. The zero-order valence-electron chi connectivity index (χ0n) is 21.0. The van der Waals surface area contributed by atoms with E-state index in [0.717, 1.165) is 56.6 Å². The van der Waals surface area contributed by atoms with Crippen molar-refractivity contribution >= 4 is 23.8 Å². The van der Waals surface area contributed by atoms with Gasteiger partial charge in [-0.25, -0.2) is 28.1 Å². The second-order valence-corrected chi connectivity index (χ2v) is 9.80. The van der Waals surface area contributed by atoms with Gasteiger partial charge >= 0.3 is 18.1 Å². The first-order valence-electron chi connectivity index (χ1n) is 12.7. The number of urea groups is 1. The summed E-state index contributed by atoms with van der Waals surface area (Å²) in [5.41, 5.74) is 1.26. The number of benzene rings is 2. The standard InChI is InChI=1S/C27H30F2N4O5/c1-37-25(34)24-23(17-7-8-21(28)22(29)15-17)33(27(36)38-24)26(35)30-18-9-12-32(16-18)20-10-13-31(14-11-20)19-5-3-2-4-6-19/h2-8,15,18,20,23-24H,9-14,16H2,1H3,(H,30,35). The summed E-state index contributed by atoms with van der Waals surface area (Å²) >= 11 is 0. The number of imide groups is 1. The van der Waals surface area contributed by atoms with Crippen molar-refractivity contribution in [1.82, 2.24) is 15.1 Å². The summed E-state index contributed by atoms with van der Waals surface area (Å²) in [6.45, 7) is 3.34. The first-order chi connectivity index (χ1) is 18.4. The van der Waals surface area contributed by atoms with Gasteiger partial charge in [0.05, 0.1) is 7.11 Å². The molecule has 11 heteroatoms. The molecule has 3 saturated heterocycles. The fraction of sp³-hybridized carbons (Fsp3) is 0.444. The SMILES string of the molecule is COC(=O)C1OC(=O)N(C(=O)NC2CCN(C3CCN(c4ccccc4)CC3)C2)C1c1ccc(F)c(F)c1. The molecule has 3 aliphatic rings. The Morgan fingerprint density at radius 1 is 1.00 bits per heavy atom. The summed E-state index contributed by atoms with van der Waals surface area (Å²) in [5.74, 6) is -3.17. The number of esters is 1. The van der Waals surface area contributed by atoms with Crippen molar-refractivity contribution < 1.29 is 32.6 Å². The lowest BCUT2D eigenvalue weighted by molar-refractivity contribution is -0.150. The van der Waals surface area contributed by atoms with Gasteiger partial charge in [0.25, 0.3) is 0 Å². The number of anilines is 1. The molecule has 3 unspecified atom stereocenters. The van der Waals surface area contributed by atoms with E-state index in [1.807, 2.05) is 18.2 Å². The van der Waals surface area contributed by atoms with Crippen molar-refractivity contribution in [2.75, 3.05) is 38.2 Å². The van der Waals surface area contributed by atoms with Crippen LogP contribution in [0.4, 0.5) is 24.1 Å². The van der Waals surface area contributed by atoms with Crippen LogP contribution in [0, 0.1) is 11.6 Å². The van der Waals surface area contributed by atoms with Crippen LogP contribution in [0.5, 0.6) is 0 Å². The lowest BCUT2D eigenvalue weighted by atomic mass is 10.0. The number of nitrogens with zero attached hydrogens (tertiary/aromatic N) is 3. The summed E-state index contributed by atoms with van der Waals surface area (Å²) in [6.07, 6.45) is 0.151. The number of carbonyl (C=O) groups is 3. The van der Waals surface area contributed by atoms with Crippen LogP contribution in [-0.4, -0.2) is 79.4 Å². The monoisotopic (exact) mass is 528 g/mol. The maximum atomic E-state index is 14.0. The van der Waals surface area contributed by atoms with Gasteiger partial charge in [-0.05, 0) is 49.1 Å². The van der Waals surface area contributed by atoms with Crippen LogP contribution in [0.15, 0.2) is 48.5 Å². The Kier molecular flexibility index (Phi) is 7.46. The number of rotatable bonds is 5. The van der Waals surface area contributed by atoms with Crippen molar-refractivity contribution in [3.63, 3.8) is 0 Å². The summed E-state index contributed by atoms with van der Waals surface area (Å²) in [7, 11) is 1.11. The third kappa shape index (κ3) is 5.15. The quantitative estimate of drug-likeness (QED) is 0.595. The summed E-state index contributed by atoms with van der Waals surface area (Å²) in [6, 6.07) is 11.3. The Bertz CT molecular complexity index is 1190. The highest BCUT2D eigenvalue weighted by Crippen LogP contribution is 2.35. The molecule has 0 bridgehead atoms. The second-order valence-electron chi connectivity index (χ2n) is 9.80. The van der Waals surface area contributed by atoms with Crippen LogP contribution in [0.25, 0.3) is 0 Å². The highest BCUT2D eigenvalue weighted by atomic mass is 19.2. The molecule has 2 aromatic rings. The first-order valence-corrected chi connectivity index (χ1v) is 12.7. The molecular formula is C27H30F2N4O5. The molecule has 38 heavy (non-hydrogen) atoms. The molecule has 0 radical (unpaired) electrons. The molecule has 3 amide bonds. The molecule has 202 valence electrons. The van der Waals surface area contributed by atoms with Crippen LogP contribution >= 0.6 is 0 Å². The highest BCUT2D eigenvalue weighted by molar-refractivity contribution is 5.96. The average Bonchev–Trinajstić information content (AvgIpc) is 3.54. The number of carbonyl (C=O) groups excluding carboxylic acids is 3. The van der Waals surface area contributed by atoms with E-state index in [0.29, 0.717) is 19.0 Å². The van der Waals surface area contributed by atoms with Crippen molar-refractivity contribution in [2.45, 2.75) is 43.5 Å². The number of likely N-dealkylation sites (tertiary alicyclic amines) is 1. The number of halogens is 2. The third-order valence-electron chi connectivity index (χ3n) is 7.58. The smallest absolute Gasteiger partial charge is 0.419 e. The lowest BCUT2D eigenvalue weighted by Gasteiger charge is -2.38. The van der Waals surface area contributed by atoms with Crippen LogP contribution in [-0.2, 0) is 14.3 Å². The molecule has 0 saturated carbocycles. The third-order valence-corrected chi connectivity index (χ3v) is 7.58. The molecule has 3 heterocycles. The van der Waals surface area contributed by atoms with Crippen molar-refractivity contribution in [3.8, 4) is 0 Å². The Labute approximate surface area is 219 Å². The number of amides is 3. The summed E-state index contributed by atoms with van der Waals surface area (Å²) in [5, 5.41) is 2.87. The molecule has 3 atom stereocenters. The Morgan fingerprint density at radius 3 is 2.42 bits per heavy atom. The Balaban J connectivity index is 1.23. The van der Waals surface area contributed by atoms with E-state index in [4.69, 9.17) is 9.47 Å². The van der Waals surface area contributed by atoms with Crippen molar-refractivity contribution in [3.05, 3.63) is 65.7 Å². The predicted octanol–water partition coefficient (Wildman–Crippen LogP) is 3.45. The van der Waals surface area contributed by atoms with Crippen LogP contribution in [0.3, 0.4) is 0 Å². The van der Waals surface area contributed by atoms with Crippen LogP contribution in [0.1, 0.15) is 30.9 Å². The van der Waals surface area contributed by atoms with Crippen LogP contribution < -0.4 is 10.2 Å². The number of methoxy groups -OCH3 is 1. The molecule has 3 fully saturated rings. The molecule has 2 aromatic carbocycles. The zero-order chi connectivity index (χ0) is 26.8. The van der Waals surface area contributed by atoms with Gasteiger partial charge in [0, 0.05) is 44.0 Å². The number of hydrogen-bond donors (Lipinski definition) is 1. The fourth-order valence-electron chi connectivity index (χ4n) is 5.61. The molecule has 0 aliphatic carbocycles. The summed E-state index contributed by atoms with van der Waals surface area (Å²) in [4.78, 5) is 43.7. The Morgan fingerprint density at radius 2 is 1.74 bits per heavy atom. The van der Waals surface area contributed by atoms with E-state index in [1.165, 1.54) is 11.8 Å². The number of ether oxygens (including phenoxy) is 2. The minimum Gasteiger partial charge on any atom is -0.466 e. The van der Waals surface area contributed by atoms with Gasteiger partial charge < -0.3 is 19.7 Å². The largest absolute Gasteiger partial charge is 0.466 e. The number of para-hydroxylation sites is 1. The van der Waals surface area contributed by atoms with E-state index in [9.17, 15) is 23.2 Å². The van der Waals surface area contributed by atoms with E-state index < -0.39 is 41.9 Å². The number of piperidine rings is 1. The van der Waals surface area contributed by atoms with Crippen molar-refractivity contribution in [1.29, 1.82) is 0 Å². The highest BCUT2D eigenvalue weighted by Gasteiger charge is 2.51. The topological polar surface area (TPSA) is 91.4 Å². The zero-order valence-corrected chi connectivity index (χ0v) is 21.0. The maximum absolute atomic E-state index is 14.0.